The molecular weight excluding hydrogens is 368 g/mol. The smallest absolute Gasteiger partial charge is 0.270 e. The standard InChI is InChI=1S/C22H24N4O3/c1-14-7-5-6-8-16(14)13-23-22(27)19-12-21(25-15(2)24-19)26-18-10-9-17(28-3)11-20(18)29-4/h5-12H,13H2,1-4H3,(H,23,27)(H,24,25,26). The Morgan fingerprint density at radius 1 is 1.00 bits per heavy atom. The summed E-state index contributed by atoms with van der Waals surface area (Å²) in [6, 6.07) is 15.0. The molecule has 29 heavy (non-hydrogen) atoms. The molecule has 0 unspecified atom stereocenters. The maximum absolute atomic E-state index is 12.6. The van der Waals surface area contributed by atoms with Gasteiger partial charge < -0.3 is 20.1 Å². The van der Waals surface area contributed by atoms with Gasteiger partial charge in [0, 0.05) is 18.7 Å². The molecule has 0 saturated heterocycles. The lowest BCUT2D eigenvalue weighted by Gasteiger charge is -2.13. The molecule has 3 aromatic rings. The number of benzene rings is 2. The molecular formula is C22H24N4O3. The van der Waals surface area contributed by atoms with Crippen LogP contribution in [0.2, 0.25) is 0 Å². The molecule has 0 radical (unpaired) electrons. The minimum absolute atomic E-state index is 0.261. The van der Waals surface area contributed by atoms with Crippen molar-refractivity contribution < 1.29 is 14.3 Å². The van der Waals surface area contributed by atoms with Crippen molar-refractivity contribution >= 4 is 17.4 Å². The number of rotatable bonds is 7. The van der Waals surface area contributed by atoms with Crippen molar-refractivity contribution in [3.8, 4) is 11.5 Å². The molecule has 0 aliphatic heterocycles. The van der Waals surface area contributed by atoms with Gasteiger partial charge in [-0.2, -0.15) is 0 Å². The van der Waals surface area contributed by atoms with E-state index in [0.717, 1.165) is 11.1 Å². The Kier molecular flexibility index (Phi) is 6.29. The van der Waals surface area contributed by atoms with Gasteiger partial charge in [0.2, 0.25) is 0 Å². The Hall–Kier alpha value is -3.61. The summed E-state index contributed by atoms with van der Waals surface area (Å²) in [5, 5.41) is 6.10. The molecule has 0 saturated carbocycles. The first-order valence-corrected chi connectivity index (χ1v) is 9.17. The third kappa shape index (κ3) is 5.01. The Bertz CT molecular complexity index is 1020. The molecule has 7 nitrogen and oxygen atoms in total. The largest absolute Gasteiger partial charge is 0.497 e. The van der Waals surface area contributed by atoms with Crippen molar-refractivity contribution in [2.45, 2.75) is 20.4 Å². The van der Waals surface area contributed by atoms with E-state index in [1.54, 1.807) is 33.3 Å². The molecule has 2 aromatic carbocycles. The number of hydrogen-bond donors (Lipinski definition) is 2. The van der Waals surface area contributed by atoms with Crippen LogP contribution in [0, 0.1) is 13.8 Å². The van der Waals surface area contributed by atoms with Crippen LogP contribution in [0.15, 0.2) is 48.5 Å². The number of anilines is 2. The van der Waals surface area contributed by atoms with E-state index in [0.29, 0.717) is 41.1 Å². The number of methoxy groups -OCH3 is 2. The van der Waals surface area contributed by atoms with Crippen LogP contribution in [0.1, 0.15) is 27.4 Å². The molecule has 0 bridgehead atoms. The average Bonchev–Trinajstić information content (AvgIpc) is 2.72. The SMILES string of the molecule is COc1ccc(Nc2cc(C(=O)NCc3ccccc3C)nc(C)n2)c(OC)c1. The molecule has 1 heterocycles. The molecule has 7 heteroatoms. The number of hydrogen-bond acceptors (Lipinski definition) is 6. The van der Waals surface area contributed by atoms with Gasteiger partial charge in [-0.15, -0.1) is 0 Å². The number of aromatic nitrogens is 2. The zero-order chi connectivity index (χ0) is 20.8. The number of amides is 1. The summed E-state index contributed by atoms with van der Waals surface area (Å²) in [5.41, 5.74) is 3.19. The quantitative estimate of drug-likeness (QED) is 0.636. The number of carbonyl (C=O) groups is 1. The van der Waals surface area contributed by atoms with Gasteiger partial charge >= 0.3 is 0 Å². The van der Waals surface area contributed by atoms with Gasteiger partial charge in [-0.05, 0) is 37.1 Å². The van der Waals surface area contributed by atoms with E-state index in [4.69, 9.17) is 9.47 Å². The molecule has 0 aliphatic carbocycles. The highest BCUT2D eigenvalue weighted by molar-refractivity contribution is 5.93. The van der Waals surface area contributed by atoms with Crippen LogP contribution in [0.3, 0.4) is 0 Å². The molecule has 0 atom stereocenters. The summed E-state index contributed by atoms with van der Waals surface area (Å²) >= 11 is 0. The molecule has 1 aromatic heterocycles. The topological polar surface area (TPSA) is 85.4 Å². The van der Waals surface area contributed by atoms with Crippen LogP contribution in [-0.4, -0.2) is 30.1 Å². The van der Waals surface area contributed by atoms with Gasteiger partial charge in [-0.1, -0.05) is 24.3 Å². The first-order chi connectivity index (χ1) is 14.0. The summed E-state index contributed by atoms with van der Waals surface area (Å²) in [7, 11) is 3.17. The maximum atomic E-state index is 12.6. The van der Waals surface area contributed by atoms with Crippen molar-refractivity contribution in [2.75, 3.05) is 19.5 Å². The summed E-state index contributed by atoms with van der Waals surface area (Å²) in [6.07, 6.45) is 0. The minimum Gasteiger partial charge on any atom is -0.497 e. The fraction of sp³-hybridized carbons (Fsp3) is 0.227. The Balaban J connectivity index is 1.77. The van der Waals surface area contributed by atoms with Gasteiger partial charge in [-0.3, -0.25) is 4.79 Å². The van der Waals surface area contributed by atoms with Gasteiger partial charge in [0.1, 0.15) is 28.8 Å². The highest BCUT2D eigenvalue weighted by atomic mass is 16.5. The Labute approximate surface area is 170 Å². The highest BCUT2D eigenvalue weighted by Gasteiger charge is 2.13. The predicted octanol–water partition coefficient (Wildman–Crippen LogP) is 3.78. The third-order valence-corrected chi connectivity index (χ3v) is 4.44. The fourth-order valence-electron chi connectivity index (χ4n) is 2.86. The zero-order valence-corrected chi connectivity index (χ0v) is 16.9. The van der Waals surface area contributed by atoms with E-state index in [1.165, 1.54) is 0 Å². The van der Waals surface area contributed by atoms with Crippen molar-refractivity contribution in [1.29, 1.82) is 0 Å². The van der Waals surface area contributed by atoms with Crippen LogP contribution in [-0.2, 0) is 6.54 Å². The zero-order valence-electron chi connectivity index (χ0n) is 16.9. The lowest BCUT2D eigenvalue weighted by molar-refractivity contribution is 0.0945. The Morgan fingerprint density at radius 2 is 1.79 bits per heavy atom. The second-order valence-electron chi connectivity index (χ2n) is 6.49. The summed E-state index contributed by atoms with van der Waals surface area (Å²) in [5.74, 6) is 2.02. The second kappa shape index (κ2) is 9.05. The molecule has 1 amide bonds. The maximum Gasteiger partial charge on any atom is 0.270 e. The van der Waals surface area contributed by atoms with Crippen LogP contribution >= 0.6 is 0 Å². The lowest BCUT2D eigenvalue weighted by Crippen LogP contribution is -2.24. The number of ether oxygens (including phenoxy) is 2. The minimum atomic E-state index is -0.261. The fourth-order valence-corrected chi connectivity index (χ4v) is 2.86. The van der Waals surface area contributed by atoms with Crippen LogP contribution < -0.4 is 20.1 Å². The summed E-state index contributed by atoms with van der Waals surface area (Å²) in [4.78, 5) is 21.3. The first-order valence-electron chi connectivity index (χ1n) is 9.17. The summed E-state index contributed by atoms with van der Waals surface area (Å²) in [6.45, 7) is 4.19. The van der Waals surface area contributed by atoms with Crippen LogP contribution in [0.5, 0.6) is 11.5 Å². The van der Waals surface area contributed by atoms with E-state index in [1.807, 2.05) is 43.3 Å². The number of nitrogens with zero attached hydrogens (tertiary/aromatic N) is 2. The van der Waals surface area contributed by atoms with Crippen molar-refractivity contribution in [1.82, 2.24) is 15.3 Å². The molecule has 3 rings (SSSR count). The van der Waals surface area contributed by atoms with Crippen molar-refractivity contribution in [3.05, 3.63) is 71.2 Å². The molecule has 2 N–H and O–H groups in total. The second-order valence-corrected chi connectivity index (χ2v) is 6.49. The monoisotopic (exact) mass is 392 g/mol. The normalized spacial score (nSPS) is 10.3. The van der Waals surface area contributed by atoms with Crippen molar-refractivity contribution in [3.63, 3.8) is 0 Å². The number of aryl methyl sites for hydroxylation is 2. The van der Waals surface area contributed by atoms with Gasteiger partial charge in [0.15, 0.2) is 0 Å². The average molecular weight is 392 g/mol. The Morgan fingerprint density at radius 3 is 2.52 bits per heavy atom. The van der Waals surface area contributed by atoms with Crippen LogP contribution in [0.25, 0.3) is 0 Å². The van der Waals surface area contributed by atoms with Gasteiger partial charge in [-0.25, -0.2) is 9.97 Å². The van der Waals surface area contributed by atoms with Crippen LogP contribution in [0.4, 0.5) is 11.5 Å². The lowest BCUT2D eigenvalue weighted by atomic mass is 10.1. The number of nitrogens with one attached hydrogen (secondary N) is 2. The van der Waals surface area contributed by atoms with Gasteiger partial charge in [0.05, 0.1) is 19.9 Å². The van der Waals surface area contributed by atoms with E-state index in [9.17, 15) is 4.79 Å². The van der Waals surface area contributed by atoms with Gasteiger partial charge in [0.25, 0.3) is 5.91 Å². The van der Waals surface area contributed by atoms with E-state index >= 15 is 0 Å². The van der Waals surface area contributed by atoms with E-state index in [2.05, 4.69) is 20.6 Å². The molecule has 150 valence electrons. The van der Waals surface area contributed by atoms with E-state index < -0.39 is 0 Å². The van der Waals surface area contributed by atoms with E-state index in [-0.39, 0.29) is 5.91 Å². The van der Waals surface area contributed by atoms with Crippen molar-refractivity contribution in [2.24, 2.45) is 0 Å². The summed E-state index contributed by atoms with van der Waals surface area (Å²) < 4.78 is 10.6. The first kappa shape index (κ1) is 20.1. The molecule has 0 fully saturated rings. The highest BCUT2D eigenvalue weighted by Crippen LogP contribution is 2.31. The third-order valence-electron chi connectivity index (χ3n) is 4.44. The predicted molar refractivity (Wildman–Crippen MR) is 112 cm³/mol. The molecule has 0 aliphatic rings. The molecule has 0 spiro atoms. The number of carbonyl (C=O) groups excluding carboxylic acids is 1.